The Hall–Kier alpha value is -1.62. The van der Waals surface area contributed by atoms with Crippen molar-refractivity contribution in [3.05, 3.63) is 35.6 Å². The number of rotatable bonds is 9. The van der Waals surface area contributed by atoms with E-state index in [2.05, 4.69) is 15.6 Å². The van der Waals surface area contributed by atoms with Crippen LogP contribution in [0.3, 0.4) is 0 Å². The number of ether oxygens (including phenoxy) is 1. The molecule has 0 bridgehead atoms. The molecule has 0 saturated heterocycles. The third-order valence-electron chi connectivity index (χ3n) is 2.87. The third-order valence-corrected chi connectivity index (χ3v) is 2.87. The second-order valence-electron chi connectivity index (χ2n) is 4.66. The number of guanidine groups is 1. The Balaban J connectivity index is 2.35. The van der Waals surface area contributed by atoms with Crippen LogP contribution in [0.1, 0.15) is 32.3 Å². The molecule has 0 aliphatic rings. The van der Waals surface area contributed by atoms with Crippen molar-refractivity contribution in [2.75, 3.05) is 26.3 Å². The first-order valence-corrected chi connectivity index (χ1v) is 7.60. The summed E-state index contributed by atoms with van der Waals surface area (Å²) in [6, 6.07) is 6.52. The summed E-state index contributed by atoms with van der Waals surface area (Å²) in [5, 5.41) is 6.46. The summed E-state index contributed by atoms with van der Waals surface area (Å²) in [5.74, 6) is 0.537. The van der Waals surface area contributed by atoms with E-state index in [9.17, 15) is 4.39 Å². The Kier molecular flexibility index (Phi) is 9.20. The zero-order chi connectivity index (χ0) is 15.3. The molecule has 4 nitrogen and oxygen atoms in total. The quantitative estimate of drug-likeness (QED) is 0.418. The first kappa shape index (κ1) is 17.4. The molecule has 1 aromatic rings. The summed E-state index contributed by atoms with van der Waals surface area (Å²) < 4.78 is 18.4. The minimum Gasteiger partial charge on any atom is -0.382 e. The number of nitrogens with zero attached hydrogens (tertiary/aromatic N) is 1. The molecule has 0 unspecified atom stereocenters. The first-order valence-electron chi connectivity index (χ1n) is 7.60. The van der Waals surface area contributed by atoms with Crippen molar-refractivity contribution in [3.8, 4) is 0 Å². The Morgan fingerprint density at radius 2 is 2.10 bits per heavy atom. The molecule has 0 saturated carbocycles. The van der Waals surface area contributed by atoms with Crippen LogP contribution in [0.4, 0.5) is 4.39 Å². The van der Waals surface area contributed by atoms with Gasteiger partial charge in [-0.15, -0.1) is 0 Å². The summed E-state index contributed by atoms with van der Waals surface area (Å²) in [7, 11) is 0. The van der Waals surface area contributed by atoms with Gasteiger partial charge in [0, 0.05) is 26.3 Å². The largest absolute Gasteiger partial charge is 0.382 e. The average molecular weight is 295 g/mol. The molecule has 0 heterocycles. The molecule has 1 rings (SSSR count). The van der Waals surface area contributed by atoms with Crippen LogP contribution in [-0.4, -0.2) is 32.3 Å². The van der Waals surface area contributed by atoms with Crippen LogP contribution in [0.5, 0.6) is 0 Å². The topological polar surface area (TPSA) is 45.7 Å². The molecule has 0 aliphatic carbocycles. The molecule has 1 aromatic carbocycles. The van der Waals surface area contributed by atoms with Gasteiger partial charge in [0.15, 0.2) is 5.96 Å². The van der Waals surface area contributed by atoms with Crippen molar-refractivity contribution in [2.24, 2.45) is 4.99 Å². The predicted octanol–water partition coefficient (Wildman–Crippen LogP) is 2.70. The predicted molar refractivity (Wildman–Crippen MR) is 84.9 cm³/mol. The van der Waals surface area contributed by atoms with Crippen LogP contribution in [0.15, 0.2) is 29.3 Å². The van der Waals surface area contributed by atoms with Gasteiger partial charge < -0.3 is 15.4 Å². The van der Waals surface area contributed by atoms with E-state index in [1.807, 2.05) is 19.9 Å². The molecule has 5 heteroatoms. The van der Waals surface area contributed by atoms with Gasteiger partial charge in [0.2, 0.25) is 0 Å². The summed E-state index contributed by atoms with van der Waals surface area (Å²) in [6.07, 6.45) is 2.06. The molecule has 0 amide bonds. The number of halogens is 1. The minimum atomic E-state index is -0.225. The van der Waals surface area contributed by atoms with Crippen LogP contribution in [0.25, 0.3) is 0 Å². The molecule has 0 spiro atoms. The minimum absolute atomic E-state index is 0.225. The van der Waals surface area contributed by atoms with Gasteiger partial charge in [-0.2, -0.15) is 0 Å². The maximum Gasteiger partial charge on any atom is 0.191 e. The highest BCUT2D eigenvalue weighted by Crippen LogP contribution is 2.04. The normalized spacial score (nSPS) is 11.5. The summed E-state index contributed by atoms with van der Waals surface area (Å²) in [4.78, 5) is 4.46. The fraction of sp³-hybridized carbons (Fsp3) is 0.562. The average Bonchev–Trinajstić information content (AvgIpc) is 2.48. The zero-order valence-electron chi connectivity index (χ0n) is 13.0. The van der Waals surface area contributed by atoms with Gasteiger partial charge in [0.25, 0.3) is 0 Å². The van der Waals surface area contributed by atoms with Crippen molar-refractivity contribution < 1.29 is 9.13 Å². The van der Waals surface area contributed by atoms with E-state index in [0.717, 1.165) is 50.7 Å². The SMILES string of the molecule is CCNC(=NCc1cccc(F)c1)NCCCCOCC. The van der Waals surface area contributed by atoms with Crippen molar-refractivity contribution >= 4 is 5.96 Å². The van der Waals surface area contributed by atoms with Gasteiger partial charge in [-0.25, -0.2) is 9.38 Å². The molecular weight excluding hydrogens is 269 g/mol. The number of aliphatic imine (C=N–C) groups is 1. The lowest BCUT2D eigenvalue weighted by molar-refractivity contribution is 0.143. The molecule has 118 valence electrons. The zero-order valence-corrected chi connectivity index (χ0v) is 13.0. The molecule has 0 atom stereocenters. The lowest BCUT2D eigenvalue weighted by Crippen LogP contribution is -2.37. The van der Waals surface area contributed by atoms with Crippen molar-refractivity contribution in [3.63, 3.8) is 0 Å². The van der Waals surface area contributed by atoms with E-state index >= 15 is 0 Å². The van der Waals surface area contributed by atoms with E-state index in [4.69, 9.17) is 4.74 Å². The molecule has 0 aromatic heterocycles. The number of unbranched alkanes of at least 4 members (excludes halogenated alkanes) is 1. The highest BCUT2D eigenvalue weighted by molar-refractivity contribution is 5.79. The van der Waals surface area contributed by atoms with Crippen LogP contribution in [-0.2, 0) is 11.3 Å². The Labute approximate surface area is 126 Å². The van der Waals surface area contributed by atoms with Crippen LogP contribution < -0.4 is 10.6 Å². The Bertz CT molecular complexity index is 424. The van der Waals surface area contributed by atoms with Crippen molar-refractivity contribution in [1.82, 2.24) is 10.6 Å². The van der Waals surface area contributed by atoms with Gasteiger partial charge in [-0.3, -0.25) is 0 Å². The third kappa shape index (κ3) is 8.30. The highest BCUT2D eigenvalue weighted by atomic mass is 19.1. The molecular formula is C16H26FN3O. The summed E-state index contributed by atoms with van der Waals surface area (Å²) in [6.45, 7) is 7.71. The Morgan fingerprint density at radius 1 is 1.24 bits per heavy atom. The lowest BCUT2D eigenvalue weighted by atomic mass is 10.2. The summed E-state index contributed by atoms with van der Waals surface area (Å²) >= 11 is 0. The monoisotopic (exact) mass is 295 g/mol. The fourth-order valence-corrected chi connectivity index (χ4v) is 1.83. The number of hydrogen-bond donors (Lipinski definition) is 2. The highest BCUT2D eigenvalue weighted by Gasteiger charge is 1.98. The smallest absolute Gasteiger partial charge is 0.191 e. The van der Waals surface area contributed by atoms with Gasteiger partial charge in [-0.05, 0) is 44.4 Å². The lowest BCUT2D eigenvalue weighted by Gasteiger charge is -2.11. The Morgan fingerprint density at radius 3 is 2.81 bits per heavy atom. The van der Waals surface area contributed by atoms with E-state index in [1.54, 1.807) is 6.07 Å². The standard InChI is InChI=1S/C16H26FN3O/c1-3-18-16(19-10-5-6-11-21-4-2)20-13-14-8-7-9-15(17)12-14/h7-9,12H,3-6,10-11,13H2,1-2H3,(H2,18,19,20). The maximum absolute atomic E-state index is 13.1. The molecule has 0 fully saturated rings. The first-order chi connectivity index (χ1) is 10.3. The molecule has 0 aliphatic heterocycles. The summed E-state index contributed by atoms with van der Waals surface area (Å²) in [5.41, 5.74) is 0.864. The second kappa shape index (κ2) is 11.1. The van der Waals surface area contributed by atoms with Crippen LogP contribution in [0, 0.1) is 5.82 Å². The van der Waals surface area contributed by atoms with Crippen LogP contribution in [0.2, 0.25) is 0 Å². The van der Waals surface area contributed by atoms with Gasteiger partial charge in [-0.1, -0.05) is 12.1 Å². The molecule has 2 N–H and O–H groups in total. The maximum atomic E-state index is 13.1. The van der Waals surface area contributed by atoms with Gasteiger partial charge >= 0.3 is 0 Å². The van der Waals surface area contributed by atoms with Crippen molar-refractivity contribution in [1.29, 1.82) is 0 Å². The molecule has 21 heavy (non-hydrogen) atoms. The number of benzene rings is 1. The number of hydrogen-bond acceptors (Lipinski definition) is 2. The molecule has 0 radical (unpaired) electrons. The fourth-order valence-electron chi connectivity index (χ4n) is 1.83. The van der Waals surface area contributed by atoms with E-state index in [-0.39, 0.29) is 5.82 Å². The second-order valence-corrected chi connectivity index (χ2v) is 4.66. The van der Waals surface area contributed by atoms with Gasteiger partial charge in [0.05, 0.1) is 6.54 Å². The number of nitrogens with one attached hydrogen (secondary N) is 2. The van der Waals surface area contributed by atoms with Gasteiger partial charge in [0.1, 0.15) is 5.82 Å². The van der Waals surface area contributed by atoms with E-state index < -0.39 is 0 Å². The van der Waals surface area contributed by atoms with E-state index in [0.29, 0.717) is 6.54 Å². The van der Waals surface area contributed by atoms with Crippen molar-refractivity contribution in [2.45, 2.75) is 33.2 Å². The van der Waals surface area contributed by atoms with Crippen LogP contribution >= 0.6 is 0 Å². The van der Waals surface area contributed by atoms with E-state index in [1.165, 1.54) is 12.1 Å².